The van der Waals surface area contributed by atoms with E-state index in [-0.39, 0.29) is 5.82 Å². The number of nitrogen functional groups attached to an aromatic ring is 1. The van der Waals surface area contributed by atoms with Crippen LogP contribution in [0.5, 0.6) is 0 Å². The Morgan fingerprint density at radius 1 is 1.05 bits per heavy atom. The third kappa shape index (κ3) is 2.14. The lowest BCUT2D eigenvalue weighted by Gasteiger charge is -2.10. The van der Waals surface area contributed by atoms with Crippen molar-refractivity contribution in [3.8, 4) is 17.1 Å². The summed E-state index contributed by atoms with van der Waals surface area (Å²) in [7, 11) is 0. The van der Waals surface area contributed by atoms with Gasteiger partial charge in [0.2, 0.25) is 0 Å². The van der Waals surface area contributed by atoms with Crippen LogP contribution in [0.15, 0.2) is 36.4 Å². The van der Waals surface area contributed by atoms with E-state index in [0.29, 0.717) is 22.8 Å². The van der Waals surface area contributed by atoms with E-state index in [1.165, 1.54) is 10.7 Å². The van der Waals surface area contributed by atoms with Crippen molar-refractivity contribution in [3.05, 3.63) is 53.3 Å². The normalized spacial score (nSPS) is 10.8. The highest BCUT2D eigenvalue weighted by Gasteiger charge is 2.16. The topological polar surface area (TPSA) is 69.6 Å². The van der Waals surface area contributed by atoms with Crippen LogP contribution in [0.25, 0.3) is 17.1 Å². The van der Waals surface area contributed by atoms with Gasteiger partial charge in [-0.3, -0.25) is 0 Å². The Labute approximate surface area is 121 Å². The molecule has 0 radical (unpaired) electrons. The van der Waals surface area contributed by atoms with Crippen molar-refractivity contribution in [2.24, 2.45) is 0 Å². The summed E-state index contributed by atoms with van der Waals surface area (Å²) >= 11 is 0. The average molecular weight is 283 g/mol. The van der Waals surface area contributed by atoms with E-state index in [9.17, 15) is 4.39 Å². The molecule has 0 unspecified atom stereocenters. The number of nitrogens with two attached hydrogens (primary N) is 1. The van der Waals surface area contributed by atoms with Crippen LogP contribution < -0.4 is 5.73 Å². The third-order valence-corrected chi connectivity index (χ3v) is 3.55. The summed E-state index contributed by atoms with van der Waals surface area (Å²) in [6, 6.07) is 10.4. The summed E-state index contributed by atoms with van der Waals surface area (Å²) < 4.78 is 15.3. The van der Waals surface area contributed by atoms with Gasteiger partial charge in [0, 0.05) is 16.8 Å². The van der Waals surface area contributed by atoms with Crippen LogP contribution >= 0.6 is 0 Å². The predicted octanol–water partition coefficient (Wildman–Crippen LogP) is 2.67. The van der Waals surface area contributed by atoms with E-state index in [1.54, 1.807) is 19.1 Å². The summed E-state index contributed by atoms with van der Waals surface area (Å²) in [5.41, 5.74) is 9.41. The summed E-state index contributed by atoms with van der Waals surface area (Å²) in [6.07, 6.45) is 0. The van der Waals surface area contributed by atoms with Crippen molar-refractivity contribution < 1.29 is 4.39 Å². The second-order valence-electron chi connectivity index (χ2n) is 4.82. The molecule has 0 saturated carbocycles. The Balaban J connectivity index is 2.22. The molecule has 1 aromatic heterocycles. The van der Waals surface area contributed by atoms with E-state index in [2.05, 4.69) is 15.5 Å². The molecule has 0 fully saturated rings. The molecule has 2 N–H and O–H groups in total. The molecule has 3 aromatic rings. The number of nitrogens with zero attached hydrogens (tertiary/aromatic N) is 4. The van der Waals surface area contributed by atoms with Crippen molar-refractivity contribution in [3.63, 3.8) is 0 Å². The Bertz CT molecular complexity index is 744. The number of rotatable bonds is 2. The number of tetrazole rings is 1. The number of hydrogen-bond donors (Lipinski definition) is 1. The molecule has 3 rings (SSSR count). The van der Waals surface area contributed by atoms with E-state index >= 15 is 0 Å². The number of halogens is 1. The first-order valence-electron chi connectivity index (χ1n) is 6.49. The lowest BCUT2D eigenvalue weighted by atomic mass is 10.1. The van der Waals surface area contributed by atoms with Gasteiger partial charge >= 0.3 is 0 Å². The highest BCUT2D eigenvalue weighted by atomic mass is 19.1. The first-order valence-corrected chi connectivity index (χ1v) is 6.49. The minimum atomic E-state index is -0.293. The molecule has 0 saturated heterocycles. The van der Waals surface area contributed by atoms with Gasteiger partial charge in [0.1, 0.15) is 5.82 Å². The monoisotopic (exact) mass is 283 g/mol. The van der Waals surface area contributed by atoms with Crippen molar-refractivity contribution in [1.82, 2.24) is 20.2 Å². The van der Waals surface area contributed by atoms with E-state index in [4.69, 9.17) is 5.73 Å². The maximum Gasteiger partial charge on any atom is 0.187 e. The number of anilines is 1. The second kappa shape index (κ2) is 4.97. The zero-order chi connectivity index (χ0) is 15.0. The van der Waals surface area contributed by atoms with Gasteiger partial charge in [0.15, 0.2) is 5.82 Å². The van der Waals surface area contributed by atoms with Gasteiger partial charge < -0.3 is 5.73 Å². The molecule has 0 spiro atoms. The van der Waals surface area contributed by atoms with Crippen molar-refractivity contribution in [2.45, 2.75) is 13.8 Å². The SMILES string of the molecule is Cc1c(N)cccc1-c1nnnn1-c1cccc(F)c1C. The van der Waals surface area contributed by atoms with E-state index < -0.39 is 0 Å². The predicted molar refractivity (Wildman–Crippen MR) is 78.4 cm³/mol. The van der Waals surface area contributed by atoms with Gasteiger partial charge in [-0.25, -0.2) is 4.39 Å². The molecule has 106 valence electrons. The van der Waals surface area contributed by atoms with Crippen LogP contribution in [0.1, 0.15) is 11.1 Å². The molecule has 0 aliphatic heterocycles. The van der Waals surface area contributed by atoms with Crippen LogP contribution in [0.4, 0.5) is 10.1 Å². The molecule has 6 heteroatoms. The maximum absolute atomic E-state index is 13.7. The second-order valence-corrected chi connectivity index (χ2v) is 4.82. The fraction of sp³-hybridized carbons (Fsp3) is 0.133. The first kappa shape index (κ1) is 13.2. The van der Waals surface area contributed by atoms with E-state index in [0.717, 1.165) is 11.1 Å². The minimum Gasteiger partial charge on any atom is -0.398 e. The Morgan fingerprint density at radius 3 is 2.62 bits per heavy atom. The largest absolute Gasteiger partial charge is 0.398 e. The molecule has 0 bridgehead atoms. The van der Waals surface area contributed by atoms with Crippen molar-refractivity contribution in [1.29, 1.82) is 0 Å². The van der Waals surface area contributed by atoms with Gasteiger partial charge in [-0.2, -0.15) is 4.68 Å². The summed E-state index contributed by atoms with van der Waals surface area (Å²) in [4.78, 5) is 0. The molecule has 1 heterocycles. The first-order chi connectivity index (χ1) is 10.1. The van der Waals surface area contributed by atoms with Crippen LogP contribution in [0.3, 0.4) is 0 Å². The maximum atomic E-state index is 13.7. The fourth-order valence-electron chi connectivity index (χ4n) is 2.24. The Hall–Kier alpha value is -2.76. The molecule has 0 aliphatic carbocycles. The van der Waals surface area contributed by atoms with Crippen molar-refractivity contribution in [2.75, 3.05) is 5.73 Å². The highest BCUT2D eigenvalue weighted by Crippen LogP contribution is 2.27. The van der Waals surface area contributed by atoms with Gasteiger partial charge in [-0.15, -0.1) is 5.10 Å². The lowest BCUT2D eigenvalue weighted by Crippen LogP contribution is -2.04. The Kier molecular flexibility index (Phi) is 3.13. The quantitative estimate of drug-likeness (QED) is 0.734. The highest BCUT2D eigenvalue weighted by molar-refractivity contribution is 5.69. The van der Waals surface area contributed by atoms with Crippen LogP contribution in [-0.4, -0.2) is 20.2 Å². The van der Waals surface area contributed by atoms with Gasteiger partial charge in [0.05, 0.1) is 5.69 Å². The molecular formula is C15H14FN5. The lowest BCUT2D eigenvalue weighted by molar-refractivity contribution is 0.614. The smallest absolute Gasteiger partial charge is 0.187 e. The zero-order valence-corrected chi connectivity index (χ0v) is 11.7. The van der Waals surface area contributed by atoms with E-state index in [1.807, 2.05) is 25.1 Å². The van der Waals surface area contributed by atoms with Crippen LogP contribution in [0, 0.1) is 19.7 Å². The van der Waals surface area contributed by atoms with Gasteiger partial charge in [0.25, 0.3) is 0 Å². The fourth-order valence-corrected chi connectivity index (χ4v) is 2.24. The average Bonchev–Trinajstić information content (AvgIpc) is 2.94. The molecule has 21 heavy (non-hydrogen) atoms. The summed E-state index contributed by atoms with van der Waals surface area (Å²) in [5.74, 6) is 0.242. The van der Waals surface area contributed by atoms with Crippen molar-refractivity contribution >= 4 is 5.69 Å². The summed E-state index contributed by atoms with van der Waals surface area (Å²) in [6.45, 7) is 3.60. The molecule has 0 atom stereocenters. The minimum absolute atomic E-state index is 0.293. The van der Waals surface area contributed by atoms with Gasteiger partial charge in [-0.05, 0) is 48.0 Å². The number of aromatic nitrogens is 4. The van der Waals surface area contributed by atoms with Crippen LogP contribution in [0.2, 0.25) is 0 Å². The Morgan fingerprint density at radius 2 is 1.81 bits per heavy atom. The molecule has 5 nitrogen and oxygen atoms in total. The molecular weight excluding hydrogens is 269 g/mol. The standard InChI is InChI=1S/C15H14FN5/c1-9-11(5-3-7-13(9)17)15-18-19-20-21(15)14-8-4-6-12(16)10(14)2/h3-8H,17H2,1-2H3. The number of hydrogen-bond acceptors (Lipinski definition) is 4. The molecule has 0 aliphatic rings. The number of benzene rings is 2. The molecule has 2 aromatic carbocycles. The third-order valence-electron chi connectivity index (χ3n) is 3.55. The molecule has 0 amide bonds. The summed E-state index contributed by atoms with van der Waals surface area (Å²) in [5, 5.41) is 11.8. The zero-order valence-electron chi connectivity index (χ0n) is 11.7. The van der Waals surface area contributed by atoms with Crippen LogP contribution in [-0.2, 0) is 0 Å². The van der Waals surface area contributed by atoms with Gasteiger partial charge in [-0.1, -0.05) is 18.2 Å².